The van der Waals surface area contributed by atoms with Gasteiger partial charge in [0.15, 0.2) is 0 Å². The Kier molecular flexibility index (Phi) is 8.88. The highest BCUT2D eigenvalue weighted by molar-refractivity contribution is 9.10. The molecule has 0 unspecified atom stereocenters. The largest absolute Gasteiger partial charge is 0.472 e. The number of amides is 1. The van der Waals surface area contributed by atoms with Gasteiger partial charge >= 0.3 is 0 Å². The van der Waals surface area contributed by atoms with Crippen LogP contribution in [-0.4, -0.2) is 22.0 Å². The van der Waals surface area contributed by atoms with Crippen molar-refractivity contribution in [3.8, 4) is 11.6 Å². The fourth-order valence-electron chi connectivity index (χ4n) is 2.90. The number of nitrogens with one attached hydrogen (secondary N) is 1. The lowest BCUT2D eigenvalue weighted by molar-refractivity contribution is -0.117. The van der Waals surface area contributed by atoms with Crippen LogP contribution in [0.1, 0.15) is 17.0 Å². The fraction of sp³-hybridized carbons (Fsp3) is 0.190. The Hall–Kier alpha value is -2.82. The van der Waals surface area contributed by atoms with Gasteiger partial charge in [0.1, 0.15) is 28.5 Å². The normalized spacial score (nSPS) is 10.5. The second kappa shape index (κ2) is 11.2. The highest BCUT2D eigenvalue weighted by Crippen LogP contribution is 2.22. The summed E-state index contributed by atoms with van der Waals surface area (Å²) in [7, 11) is 0. The zero-order valence-electron chi connectivity index (χ0n) is 16.9. The van der Waals surface area contributed by atoms with E-state index >= 15 is 0 Å². The van der Waals surface area contributed by atoms with Gasteiger partial charge in [-0.3, -0.25) is 14.2 Å². The second-order valence-electron chi connectivity index (χ2n) is 6.68. The van der Waals surface area contributed by atoms with Gasteiger partial charge in [0.25, 0.3) is 5.56 Å². The Morgan fingerprint density at radius 2 is 2.00 bits per heavy atom. The lowest BCUT2D eigenvalue weighted by Gasteiger charge is -2.14. The molecule has 0 bridgehead atoms. The number of nitrogens with zero attached hydrogens (tertiary/aromatic N) is 2. The average Bonchev–Trinajstić information content (AvgIpc) is 2.71. The number of hydrogen-bond acceptors (Lipinski definition) is 5. The predicted molar refractivity (Wildman–Crippen MR) is 121 cm³/mol. The molecule has 1 amide bonds. The fourth-order valence-corrected chi connectivity index (χ4v) is 3.28. The standard InChI is InChI=1S/C21H19BrF2N4O3.ClH/c1-12-27-20(31-11-14-5-6-15(23)8-17(14)24)19(22)21(30)28(12)16-4-2-3-13(7-16)9-26-10-18(25)29;/h2-8,26H,9-11H2,1H3,(H2,25,29);1H. The molecule has 0 saturated carbocycles. The van der Waals surface area contributed by atoms with E-state index in [0.29, 0.717) is 18.1 Å². The van der Waals surface area contributed by atoms with Crippen molar-refractivity contribution in [1.82, 2.24) is 14.9 Å². The lowest BCUT2D eigenvalue weighted by atomic mass is 10.2. The average molecular weight is 530 g/mol. The van der Waals surface area contributed by atoms with Crippen LogP contribution in [0.4, 0.5) is 8.78 Å². The Bertz CT molecular complexity index is 1190. The second-order valence-corrected chi connectivity index (χ2v) is 7.48. The van der Waals surface area contributed by atoms with E-state index in [2.05, 4.69) is 26.2 Å². The zero-order valence-corrected chi connectivity index (χ0v) is 19.3. The van der Waals surface area contributed by atoms with Crippen LogP contribution in [-0.2, 0) is 17.9 Å². The summed E-state index contributed by atoms with van der Waals surface area (Å²) in [6.07, 6.45) is 0. The Labute approximate surface area is 197 Å². The van der Waals surface area contributed by atoms with Crippen LogP contribution in [0.5, 0.6) is 5.88 Å². The van der Waals surface area contributed by atoms with Crippen LogP contribution in [0, 0.1) is 18.6 Å². The molecule has 3 rings (SSSR count). The first-order chi connectivity index (χ1) is 14.8. The van der Waals surface area contributed by atoms with Crippen molar-refractivity contribution in [3.63, 3.8) is 0 Å². The number of carbonyl (C=O) groups excluding carboxylic acids is 1. The molecule has 0 aliphatic rings. The van der Waals surface area contributed by atoms with E-state index in [1.165, 1.54) is 10.6 Å². The van der Waals surface area contributed by atoms with Gasteiger partial charge in [-0.2, -0.15) is 4.98 Å². The number of benzene rings is 2. The third kappa shape index (κ3) is 6.12. The molecule has 7 nitrogen and oxygen atoms in total. The minimum atomic E-state index is -0.747. The minimum absolute atomic E-state index is 0. The maximum atomic E-state index is 13.8. The summed E-state index contributed by atoms with van der Waals surface area (Å²) in [4.78, 5) is 28.1. The summed E-state index contributed by atoms with van der Waals surface area (Å²) in [5, 5.41) is 2.91. The van der Waals surface area contributed by atoms with Crippen molar-refractivity contribution in [2.24, 2.45) is 5.73 Å². The highest BCUT2D eigenvalue weighted by atomic mass is 79.9. The number of aryl methyl sites for hydroxylation is 1. The van der Waals surface area contributed by atoms with Gasteiger partial charge in [-0.1, -0.05) is 12.1 Å². The summed E-state index contributed by atoms with van der Waals surface area (Å²) in [6.45, 7) is 1.85. The molecule has 3 aromatic rings. The van der Waals surface area contributed by atoms with Crippen molar-refractivity contribution in [3.05, 3.63) is 85.9 Å². The van der Waals surface area contributed by atoms with Crippen LogP contribution in [0.15, 0.2) is 51.7 Å². The summed E-state index contributed by atoms with van der Waals surface area (Å²) in [5.41, 5.74) is 6.25. The van der Waals surface area contributed by atoms with E-state index < -0.39 is 23.1 Å². The molecule has 32 heavy (non-hydrogen) atoms. The van der Waals surface area contributed by atoms with Gasteiger partial charge in [0.2, 0.25) is 11.8 Å². The predicted octanol–water partition coefficient (Wildman–Crippen LogP) is 3.16. The first kappa shape index (κ1) is 25.4. The van der Waals surface area contributed by atoms with Gasteiger partial charge in [-0.05, 0) is 52.7 Å². The van der Waals surface area contributed by atoms with Crippen LogP contribution in [0.3, 0.4) is 0 Å². The quantitative estimate of drug-likeness (QED) is 0.467. The molecule has 0 atom stereocenters. The van der Waals surface area contributed by atoms with Crippen molar-refractivity contribution < 1.29 is 18.3 Å². The molecule has 0 radical (unpaired) electrons. The molecule has 0 aliphatic carbocycles. The van der Waals surface area contributed by atoms with E-state index in [9.17, 15) is 18.4 Å². The van der Waals surface area contributed by atoms with Crippen LogP contribution < -0.4 is 21.3 Å². The number of hydrogen-bond donors (Lipinski definition) is 2. The van der Waals surface area contributed by atoms with Crippen molar-refractivity contribution >= 4 is 34.2 Å². The van der Waals surface area contributed by atoms with Crippen LogP contribution in [0.2, 0.25) is 0 Å². The maximum Gasteiger partial charge on any atom is 0.276 e. The number of aromatic nitrogens is 2. The maximum absolute atomic E-state index is 13.8. The van der Waals surface area contributed by atoms with Gasteiger partial charge in [-0.25, -0.2) is 8.78 Å². The topological polar surface area (TPSA) is 99.2 Å². The third-order valence-electron chi connectivity index (χ3n) is 4.34. The molecular weight excluding hydrogens is 510 g/mol. The number of carbonyl (C=O) groups is 1. The SMILES string of the molecule is Cc1nc(OCc2ccc(F)cc2F)c(Br)c(=O)n1-c1cccc(CNCC(N)=O)c1.Cl. The molecule has 1 heterocycles. The number of primary amides is 1. The Morgan fingerprint density at radius 3 is 2.69 bits per heavy atom. The van der Waals surface area contributed by atoms with Crippen LogP contribution >= 0.6 is 28.3 Å². The van der Waals surface area contributed by atoms with Crippen LogP contribution in [0.25, 0.3) is 5.69 Å². The molecule has 2 aromatic carbocycles. The summed E-state index contributed by atoms with van der Waals surface area (Å²) >= 11 is 3.20. The first-order valence-corrected chi connectivity index (χ1v) is 9.99. The van der Waals surface area contributed by atoms with Crippen molar-refractivity contribution in [2.75, 3.05) is 6.54 Å². The monoisotopic (exact) mass is 528 g/mol. The Balaban J connectivity index is 0.00000363. The molecule has 1 aromatic heterocycles. The van der Waals surface area contributed by atoms with Gasteiger partial charge in [0, 0.05) is 18.2 Å². The third-order valence-corrected chi connectivity index (χ3v) is 5.02. The smallest absolute Gasteiger partial charge is 0.276 e. The lowest BCUT2D eigenvalue weighted by Crippen LogP contribution is -2.28. The van der Waals surface area contributed by atoms with Gasteiger partial charge < -0.3 is 15.8 Å². The van der Waals surface area contributed by atoms with E-state index in [1.54, 1.807) is 25.1 Å². The minimum Gasteiger partial charge on any atom is -0.472 e. The Morgan fingerprint density at radius 1 is 1.25 bits per heavy atom. The number of nitrogens with two attached hydrogens (primary N) is 1. The van der Waals surface area contributed by atoms with Gasteiger partial charge in [-0.15, -0.1) is 12.4 Å². The highest BCUT2D eigenvalue weighted by Gasteiger charge is 2.16. The molecule has 11 heteroatoms. The van der Waals surface area contributed by atoms with Crippen molar-refractivity contribution in [2.45, 2.75) is 20.1 Å². The number of rotatable bonds is 8. The van der Waals surface area contributed by atoms with E-state index in [1.807, 2.05) is 6.07 Å². The zero-order chi connectivity index (χ0) is 22.5. The number of ether oxygens (including phenoxy) is 1. The summed E-state index contributed by atoms with van der Waals surface area (Å²) in [6, 6.07) is 10.3. The molecule has 0 fully saturated rings. The van der Waals surface area contributed by atoms with Crippen molar-refractivity contribution in [1.29, 1.82) is 0 Å². The molecular formula is C21H20BrClF2N4O3. The molecule has 0 aliphatic heterocycles. The van der Waals surface area contributed by atoms with E-state index in [-0.39, 0.29) is 41.5 Å². The van der Waals surface area contributed by atoms with E-state index in [4.69, 9.17) is 10.5 Å². The first-order valence-electron chi connectivity index (χ1n) is 9.20. The molecule has 0 saturated heterocycles. The van der Waals surface area contributed by atoms with Gasteiger partial charge in [0.05, 0.1) is 12.2 Å². The molecule has 3 N–H and O–H groups in total. The summed E-state index contributed by atoms with van der Waals surface area (Å²) < 4.78 is 33.8. The number of halogens is 4. The molecule has 0 spiro atoms. The van der Waals surface area contributed by atoms with E-state index in [0.717, 1.165) is 17.7 Å². The molecule has 170 valence electrons. The summed E-state index contributed by atoms with van der Waals surface area (Å²) in [5.74, 6) is -1.55.